The summed E-state index contributed by atoms with van der Waals surface area (Å²) in [6, 6.07) is 18.0. The van der Waals surface area contributed by atoms with Gasteiger partial charge < -0.3 is 10.2 Å². The summed E-state index contributed by atoms with van der Waals surface area (Å²) in [4.78, 5) is 54.8. The second kappa shape index (κ2) is 8.56. The first-order valence-corrected chi connectivity index (χ1v) is 12.0. The lowest BCUT2D eigenvalue weighted by Gasteiger charge is -2.36. The van der Waals surface area contributed by atoms with Gasteiger partial charge in [0.1, 0.15) is 6.04 Å². The lowest BCUT2D eigenvalue weighted by atomic mass is 9.88. The molecule has 3 aromatic carbocycles. The van der Waals surface area contributed by atoms with E-state index in [0.717, 1.165) is 16.2 Å². The van der Waals surface area contributed by atoms with Crippen LogP contribution in [0.3, 0.4) is 0 Å². The maximum absolute atomic E-state index is 13.8. The normalized spacial score (nSPS) is 23.5. The Kier molecular flexibility index (Phi) is 5.31. The van der Waals surface area contributed by atoms with Crippen molar-refractivity contribution in [1.82, 2.24) is 0 Å². The van der Waals surface area contributed by atoms with Crippen LogP contribution in [0.2, 0.25) is 5.02 Å². The second-order valence-corrected chi connectivity index (χ2v) is 9.48. The summed E-state index contributed by atoms with van der Waals surface area (Å²) in [5.41, 5.74) is 2.14. The first-order valence-electron chi connectivity index (χ1n) is 11.6. The van der Waals surface area contributed by atoms with Gasteiger partial charge in [-0.25, -0.2) is 4.90 Å². The smallest absolute Gasteiger partial charge is 0.269 e. The molecular formula is C27H19ClN4O5. The van der Waals surface area contributed by atoms with E-state index in [4.69, 9.17) is 11.6 Å². The molecule has 3 aliphatic rings. The molecule has 0 spiro atoms. The molecule has 9 nitrogen and oxygen atoms in total. The summed E-state index contributed by atoms with van der Waals surface area (Å²) in [6.45, 7) is 0. The van der Waals surface area contributed by atoms with E-state index in [0.29, 0.717) is 5.69 Å². The van der Waals surface area contributed by atoms with Crippen LogP contribution in [0.25, 0.3) is 6.08 Å². The van der Waals surface area contributed by atoms with Crippen LogP contribution >= 0.6 is 11.6 Å². The van der Waals surface area contributed by atoms with Crippen LogP contribution in [0.5, 0.6) is 0 Å². The average Bonchev–Trinajstić information content (AvgIpc) is 3.37. The predicted molar refractivity (Wildman–Crippen MR) is 138 cm³/mol. The number of fused-ring (bicyclic) bond motifs is 5. The van der Waals surface area contributed by atoms with E-state index < -0.39 is 46.6 Å². The number of nitrogens with one attached hydrogen (secondary N) is 1. The molecule has 3 heterocycles. The Labute approximate surface area is 216 Å². The molecule has 0 aromatic heterocycles. The molecule has 0 aliphatic carbocycles. The third-order valence-corrected chi connectivity index (χ3v) is 7.44. The van der Waals surface area contributed by atoms with Gasteiger partial charge in [-0.05, 0) is 35.9 Å². The van der Waals surface area contributed by atoms with E-state index in [1.54, 1.807) is 24.3 Å². The van der Waals surface area contributed by atoms with E-state index in [-0.39, 0.29) is 16.4 Å². The van der Waals surface area contributed by atoms with E-state index >= 15 is 0 Å². The number of carbonyl (C=O) groups is 3. The Balaban J connectivity index is 1.42. The molecule has 3 aromatic rings. The standard InChI is InChI=1S/C27H19ClN4O5/c28-18-6-2-4-8-20(18)31-26(34)22-21-14-9-15-5-1-3-7-19(15)30(21)24(23(22)27(31)35)25(33)29-16-10-12-17(13-11-16)32(36)37/h1-14,21-24H,(H,29,33)/t21-,22-,23+,24-/m0/s1. The van der Waals surface area contributed by atoms with Crippen molar-refractivity contribution in [3.8, 4) is 0 Å². The molecule has 184 valence electrons. The zero-order valence-corrected chi connectivity index (χ0v) is 19.9. The fraction of sp³-hybridized carbons (Fsp3) is 0.148. The van der Waals surface area contributed by atoms with Crippen LogP contribution in [0.15, 0.2) is 78.9 Å². The lowest BCUT2D eigenvalue weighted by Crippen LogP contribution is -2.50. The molecule has 10 heteroatoms. The fourth-order valence-electron chi connectivity index (χ4n) is 5.57. The number of imide groups is 1. The first kappa shape index (κ1) is 22.9. The number of nitrogens with zero attached hydrogens (tertiary/aromatic N) is 3. The molecule has 0 unspecified atom stereocenters. The van der Waals surface area contributed by atoms with Crippen molar-refractivity contribution >= 4 is 58.1 Å². The van der Waals surface area contributed by atoms with Crippen molar-refractivity contribution < 1.29 is 19.3 Å². The second-order valence-electron chi connectivity index (χ2n) is 9.07. The molecule has 3 aliphatic heterocycles. The molecule has 0 bridgehead atoms. The summed E-state index contributed by atoms with van der Waals surface area (Å²) in [6.07, 6.45) is 3.76. The monoisotopic (exact) mass is 514 g/mol. The highest BCUT2D eigenvalue weighted by Gasteiger charge is 2.64. The Morgan fingerprint density at radius 3 is 2.24 bits per heavy atom. The highest BCUT2D eigenvalue weighted by atomic mass is 35.5. The minimum atomic E-state index is -1.000. The van der Waals surface area contributed by atoms with Crippen molar-refractivity contribution in [2.24, 2.45) is 11.8 Å². The van der Waals surface area contributed by atoms with Crippen LogP contribution < -0.4 is 15.1 Å². The fourth-order valence-corrected chi connectivity index (χ4v) is 5.79. The topological polar surface area (TPSA) is 113 Å². The number of nitro benzene ring substituents is 1. The van der Waals surface area contributed by atoms with Gasteiger partial charge in [0, 0.05) is 23.5 Å². The molecule has 3 amide bonds. The summed E-state index contributed by atoms with van der Waals surface area (Å²) in [5, 5.41) is 14.1. The molecular weight excluding hydrogens is 496 g/mol. The van der Waals surface area contributed by atoms with Crippen LogP contribution in [-0.2, 0) is 14.4 Å². The van der Waals surface area contributed by atoms with Gasteiger partial charge in [0.2, 0.25) is 17.7 Å². The van der Waals surface area contributed by atoms with Crippen LogP contribution in [0.4, 0.5) is 22.7 Å². The van der Waals surface area contributed by atoms with Crippen molar-refractivity contribution in [3.05, 3.63) is 99.6 Å². The molecule has 2 saturated heterocycles. The number of hydrogen-bond acceptors (Lipinski definition) is 6. The third-order valence-electron chi connectivity index (χ3n) is 7.12. The van der Waals surface area contributed by atoms with Crippen molar-refractivity contribution in [2.45, 2.75) is 12.1 Å². The maximum atomic E-state index is 13.8. The van der Waals surface area contributed by atoms with Crippen LogP contribution in [0.1, 0.15) is 5.56 Å². The third kappa shape index (κ3) is 3.50. The van der Waals surface area contributed by atoms with Crippen molar-refractivity contribution in [3.63, 3.8) is 0 Å². The minimum absolute atomic E-state index is 0.110. The summed E-state index contributed by atoms with van der Waals surface area (Å²) in [5.74, 6) is -3.14. The summed E-state index contributed by atoms with van der Waals surface area (Å²) >= 11 is 6.34. The zero-order valence-electron chi connectivity index (χ0n) is 19.2. The Morgan fingerprint density at radius 1 is 0.892 bits per heavy atom. The van der Waals surface area contributed by atoms with Crippen molar-refractivity contribution in [2.75, 3.05) is 15.1 Å². The number of halogens is 1. The number of anilines is 3. The lowest BCUT2D eigenvalue weighted by molar-refractivity contribution is -0.384. The summed E-state index contributed by atoms with van der Waals surface area (Å²) in [7, 11) is 0. The minimum Gasteiger partial charge on any atom is -0.351 e. The highest BCUT2D eigenvalue weighted by molar-refractivity contribution is 6.36. The maximum Gasteiger partial charge on any atom is 0.269 e. The molecule has 0 saturated carbocycles. The molecule has 37 heavy (non-hydrogen) atoms. The highest BCUT2D eigenvalue weighted by Crippen LogP contribution is 2.49. The zero-order chi connectivity index (χ0) is 25.8. The van der Waals surface area contributed by atoms with Gasteiger partial charge in [0.05, 0.1) is 33.5 Å². The molecule has 4 atom stereocenters. The number of amides is 3. The Hall–Kier alpha value is -4.50. The molecule has 2 fully saturated rings. The van der Waals surface area contributed by atoms with Crippen LogP contribution in [-0.4, -0.2) is 34.7 Å². The predicted octanol–water partition coefficient (Wildman–Crippen LogP) is 4.28. The number of carbonyl (C=O) groups excluding carboxylic acids is 3. The van der Waals surface area contributed by atoms with E-state index in [1.807, 2.05) is 41.3 Å². The van der Waals surface area contributed by atoms with Gasteiger partial charge in [0.15, 0.2) is 0 Å². The quantitative estimate of drug-likeness (QED) is 0.316. The number of rotatable bonds is 4. The Bertz CT molecular complexity index is 1500. The molecule has 0 radical (unpaired) electrons. The number of para-hydroxylation sites is 2. The largest absolute Gasteiger partial charge is 0.351 e. The van der Waals surface area contributed by atoms with E-state index in [9.17, 15) is 24.5 Å². The number of non-ortho nitro benzene ring substituents is 1. The van der Waals surface area contributed by atoms with Crippen molar-refractivity contribution in [1.29, 1.82) is 0 Å². The van der Waals surface area contributed by atoms with Gasteiger partial charge in [-0.1, -0.05) is 54.1 Å². The summed E-state index contributed by atoms with van der Waals surface area (Å²) < 4.78 is 0. The van der Waals surface area contributed by atoms with Gasteiger partial charge in [-0.15, -0.1) is 0 Å². The SMILES string of the molecule is O=C(Nc1ccc([N+](=O)[O-])cc1)[C@@H]1[C@@H]2C(=O)N(c3ccccc3Cl)C(=O)[C@H]2[C@@H]2C=Cc3ccccc3N12. The van der Waals surface area contributed by atoms with Gasteiger partial charge >= 0.3 is 0 Å². The van der Waals surface area contributed by atoms with Crippen LogP contribution in [0, 0.1) is 22.0 Å². The van der Waals surface area contributed by atoms with Gasteiger partial charge in [0.25, 0.3) is 5.69 Å². The van der Waals surface area contributed by atoms with E-state index in [2.05, 4.69) is 5.32 Å². The molecule has 1 N–H and O–H groups in total. The Morgan fingerprint density at radius 2 is 1.54 bits per heavy atom. The van der Waals surface area contributed by atoms with E-state index in [1.165, 1.54) is 24.3 Å². The van der Waals surface area contributed by atoms with Gasteiger partial charge in [-0.2, -0.15) is 0 Å². The number of nitro groups is 1. The van der Waals surface area contributed by atoms with Gasteiger partial charge in [-0.3, -0.25) is 24.5 Å². The first-order chi connectivity index (χ1) is 17.9. The number of hydrogen-bond donors (Lipinski definition) is 1. The number of benzene rings is 3. The average molecular weight is 515 g/mol. The molecule has 6 rings (SSSR count).